The zero-order valence-corrected chi connectivity index (χ0v) is 16.6. The van der Waals surface area contributed by atoms with E-state index in [4.69, 9.17) is 11.6 Å². The van der Waals surface area contributed by atoms with Gasteiger partial charge < -0.3 is 10.6 Å². The van der Waals surface area contributed by atoms with Crippen LogP contribution in [0.1, 0.15) is 54.7 Å². The molecule has 2 saturated carbocycles. The molecule has 1 heterocycles. The highest BCUT2D eigenvalue weighted by atomic mass is 35.5. The van der Waals surface area contributed by atoms with Crippen LogP contribution in [0.4, 0.5) is 5.82 Å². The minimum absolute atomic E-state index is 0.0100. The molecule has 2 unspecified atom stereocenters. The van der Waals surface area contributed by atoms with Crippen LogP contribution in [-0.4, -0.2) is 27.3 Å². The first kappa shape index (κ1) is 18.9. The van der Waals surface area contributed by atoms with E-state index in [0.717, 1.165) is 32.1 Å². The predicted molar refractivity (Wildman–Crippen MR) is 107 cm³/mol. The molecule has 28 heavy (non-hydrogen) atoms. The molecule has 1 aromatic carbocycles. The van der Waals surface area contributed by atoms with Crippen molar-refractivity contribution in [2.75, 3.05) is 5.32 Å². The van der Waals surface area contributed by atoms with Gasteiger partial charge in [0.05, 0.1) is 5.41 Å². The predicted octanol–water partition coefficient (Wildman–Crippen LogP) is 3.90. The largest absolute Gasteiger partial charge is 0.347 e. The number of aryl methyl sites for hydroxylation is 1. The molecule has 0 radical (unpaired) electrons. The van der Waals surface area contributed by atoms with E-state index in [0.29, 0.717) is 28.6 Å². The number of hydrogen-bond donors (Lipinski definition) is 2. The fourth-order valence-electron chi connectivity index (χ4n) is 4.69. The molecule has 7 heteroatoms. The average molecular weight is 399 g/mol. The number of carbonyl (C=O) groups excluding carboxylic acids is 2. The number of nitrogens with one attached hydrogen (secondary N) is 2. The summed E-state index contributed by atoms with van der Waals surface area (Å²) in [7, 11) is 0. The van der Waals surface area contributed by atoms with Crippen molar-refractivity contribution in [3.8, 4) is 0 Å². The summed E-state index contributed by atoms with van der Waals surface area (Å²) >= 11 is 6.02. The number of anilines is 1. The van der Waals surface area contributed by atoms with Gasteiger partial charge in [-0.15, -0.1) is 0 Å². The number of rotatable bonds is 4. The smallest absolute Gasteiger partial charge is 0.251 e. The average Bonchev–Trinajstić information content (AvgIpc) is 2.93. The number of nitrogens with zero attached hydrogens (tertiary/aromatic N) is 2. The number of benzene rings is 1. The first-order valence-corrected chi connectivity index (χ1v) is 9.97. The molecule has 0 spiro atoms. The fraction of sp³-hybridized carbons (Fsp3) is 0.429. The van der Waals surface area contributed by atoms with Crippen molar-refractivity contribution in [2.24, 2.45) is 5.41 Å². The topological polar surface area (TPSA) is 84.0 Å². The molecule has 4 rings (SSSR count). The maximum atomic E-state index is 13.1. The fourth-order valence-corrected chi connectivity index (χ4v) is 4.88. The first-order valence-electron chi connectivity index (χ1n) is 9.59. The highest BCUT2D eigenvalue weighted by molar-refractivity contribution is 6.30. The van der Waals surface area contributed by atoms with Crippen LogP contribution in [0.3, 0.4) is 0 Å². The Morgan fingerprint density at radius 1 is 1.14 bits per heavy atom. The molecule has 2 aromatic rings. The van der Waals surface area contributed by atoms with Gasteiger partial charge in [0, 0.05) is 22.3 Å². The summed E-state index contributed by atoms with van der Waals surface area (Å²) < 4.78 is 0. The van der Waals surface area contributed by atoms with Gasteiger partial charge in [-0.3, -0.25) is 9.59 Å². The third kappa shape index (κ3) is 3.61. The van der Waals surface area contributed by atoms with E-state index in [1.807, 2.05) is 0 Å². The molecule has 2 aliphatic rings. The van der Waals surface area contributed by atoms with Gasteiger partial charge in [0.25, 0.3) is 5.91 Å². The van der Waals surface area contributed by atoms with E-state index in [-0.39, 0.29) is 17.4 Å². The Morgan fingerprint density at radius 2 is 2.00 bits per heavy atom. The molecule has 2 N–H and O–H groups in total. The number of halogens is 1. The van der Waals surface area contributed by atoms with E-state index in [1.165, 1.54) is 0 Å². The second-order valence-corrected chi connectivity index (χ2v) is 8.44. The number of fused-ring (bicyclic) bond motifs is 2. The molecule has 2 aliphatic carbocycles. The van der Waals surface area contributed by atoms with Crippen LogP contribution < -0.4 is 10.6 Å². The molecule has 0 aliphatic heterocycles. The molecular weight excluding hydrogens is 376 g/mol. The molecular formula is C21H23ClN4O2. The van der Waals surface area contributed by atoms with Crippen molar-refractivity contribution in [3.05, 3.63) is 52.9 Å². The Kier molecular flexibility index (Phi) is 4.83. The summed E-state index contributed by atoms with van der Waals surface area (Å²) in [5, 5.41) is 6.71. The van der Waals surface area contributed by atoms with Crippen molar-refractivity contribution in [2.45, 2.75) is 51.0 Å². The standard InChI is InChI=1S/C21H23ClN4O2/c1-14-23-11-6-17(24-14)25-19(28)20-7-3-8-21(13-20,10-9-20)26-18(27)15-4-2-5-16(22)12-15/h2,4-6,11-12H,3,7-10,13H2,1H3,(H,26,27)(H,23,24,25,28). The van der Waals surface area contributed by atoms with Gasteiger partial charge >= 0.3 is 0 Å². The van der Waals surface area contributed by atoms with E-state index >= 15 is 0 Å². The van der Waals surface area contributed by atoms with Crippen LogP contribution in [0, 0.1) is 12.3 Å². The van der Waals surface area contributed by atoms with E-state index in [9.17, 15) is 9.59 Å². The zero-order valence-electron chi connectivity index (χ0n) is 15.8. The number of hydrogen-bond acceptors (Lipinski definition) is 4. The monoisotopic (exact) mass is 398 g/mol. The minimum Gasteiger partial charge on any atom is -0.347 e. The maximum Gasteiger partial charge on any atom is 0.251 e. The molecule has 2 atom stereocenters. The molecule has 1 aromatic heterocycles. The van der Waals surface area contributed by atoms with Crippen molar-refractivity contribution < 1.29 is 9.59 Å². The summed E-state index contributed by atoms with van der Waals surface area (Å²) in [5.74, 6) is 1.00. The molecule has 146 valence electrons. The van der Waals surface area contributed by atoms with E-state index in [2.05, 4.69) is 20.6 Å². The lowest BCUT2D eigenvalue weighted by Crippen LogP contribution is -2.50. The van der Waals surface area contributed by atoms with Crippen LogP contribution in [0.5, 0.6) is 0 Å². The van der Waals surface area contributed by atoms with Crippen molar-refractivity contribution in [3.63, 3.8) is 0 Å². The summed E-state index contributed by atoms with van der Waals surface area (Å²) in [6.07, 6.45) is 6.49. The van der Waals surface area contributed by atoms with Crippen LogP contribution in [0.15, 0.2) is 36.5 Å². The summed E-state index contributed by atoms with van der Waals surface area (Å²) in [5.41, 5.74) is -0.249. The Bertz CT molecular complexity index is 934. The van der Waals surface area contributed by atoms with Gasteiger partial charge in [-0.2, -0.15) is 0 Å². The Morgan fingerprint density at radius 3 is 2.79 bits per heavy atom. The lowest BCUT2D eigenvalue weighted by atomic mass is 9.72. The van der Waals surface area contributed by atoms with Crippen LogP contribution in [-0.2, 0) is 4.79 Å². The highest BCUT2D eigenvalue weighted by Gasteiger charge is 2.55. The lowest BCUT2D eigenvalue weighted by molar-refractivity contribution is -0.126. The molecule has 2 bridgehead atoms. The van der Waals surface area contributed by atoms with E-state index in [1.54, 1.807) is 43.5 Å². The van der Waals surface area contributed by atoms with Crippen LogP contribution in [0.25, 0.3) is 0 Å². The number of carbonyl (C=O) groups is 2. The third-order valence-electron chi connectivity index (χ3n) is 6.03. The van der Waals surface area contributed by atoms with Crippen molar-refractivity contribution in [1.29, 1.82) is 0 Å². The lowest BCUT2D eigenvalue weighted by Gasteiger charge is -2.39. The summed E-state index contributed by atoms with van der Waals surface area (Å²) in [4.78, 5) is 34.2. The maximum absolute atomic E-state index is 13.1. The van der Waals surface area contributed by atoms with Crippen molar-refractivity contribution >= 4 is 29.2 Å². The van der Waals surface area contributed by atoms with Gasteiger partial charge in [0.2, 0.25) is 5.91 Å². The quantitative estimate of drug-likeness (QED) is 0.818. The normalized spacial score (nSPS) is 25.9. The minimum atomic E-state index is -0.460. The molecule has 6 nitrogen and oxygen atoms in total. The molecule has 2 fully saturated rings. The number of amides is 2. The second-order valence-electron chi connectivity index (χ2n) is 8.00. The Labute approximate surface area is 169 Å². The molecule has 0 saturated heterocycles. The van der Waals surface area contributed by atoms with Crippen LogP contribution in [0.2, 0.25) is 5.02 Å². The third-order valence-corrected chi connectivity index (χ3v) is 6.27. The van der Waals surface area contributed by atoms with Gasteiger partial charge in [-0.1, -0.05) is 24.1 Å². The van der Waals surface area contributed by atoms with Crippen LogP contribution >= 0.6 is 11.6 Å². The van der Waals surface area contributed by atoms with Crippen molar-refractivity contribution in [1.82, 2.24) is 15.3 Å². The zero-order chi connectivity index (χ0) is 19.8. The van der Waals surface area contributed by atoms with Gasteiger partial charge in [-0.25, -0.2) is 9.97 Å². The summed E-state index contributed by atoms with van der Waals surface area (Å²) in [6.45, 7) is 1.79. The highest BCUT2D eigenvalue weighted by Crippen LogP contribution is 2.54. The Balaban J connectivity index is 1.49. The summed E-state index contributed by atoms with van der Waals surface area (Å²) in [6, 6.07) is 8.64. The van der Waals surface area contributed by atoms with Gasteiger partial charge in [-0.05, 0) is 63.3 Å². The van der Waals surface area contributed by atoms with E-state index < -0.39 is 5.41 Å². The van der Waals surface area contributed by atoms with Gasteiger partial charge in [0.15, 0.2) is 0 Å². The Hall–Kier alpha value is -2.47. The SMILES string of the molecule is Cc1nccc(NC(=O)C23CCCC(NC(=O)c4cccc(Cl)c4)(CC2)C3)n1. The molecule has 2 amide bonds. The first-order chi connectivity index (χ1) is 13.4. The second kappa shape index (κ2) is 7.17. The number of aromatic nitrogens is 2. The van der Waals surface area contributed by atoms with Gasteiger partial charge in [0.1, 0.15) is 11.6 Å².